The summed E-state index contributed by atoms with van der Waals surface area (Å²) in [6.07, 6.45) is 0.360. The van der Waals surface area contributed by atoms with Gasteiger partial charge in [0.25, 0.3) is 0 Å². The molecule has 0 amide bonds. The predicted octanol–water partition coefficient (Wildman–Crippen LogP) is 3.50. The summed E-state index contributed by atoms with van der Waals surface area (Å²) in [7, 11) is -3.85. The largest absolute Gasteiger partial charge is 0.464 e. The molecule has 2 aromatic rings. The number of rotatable bonds is 5. The lowest BCUT2D eigenvalue weighted by atomic mass is 9.80. The lowest BCUT2D eigenvalue weighted by Gasteiger charge is -2.49. The number of halogens is 1. The molecule has 1 aliphatic heterocycles. The molecule has 0 aliphatic carbocycles. The molecule has 1 saturated heterocycles. The zero-order valence-electron chi connectivity index (χ0n) is 14.6. The van der Waals surface area contributed by atoms with Crippen molar-refractivity contribution in [1.29, 1.82) is 0 Å². The normalized spacial score (nSPS) is 20.4. The average Bonchev–Trinajstić information content (AvgIpc) is 2.56. The van der Waals surface area contributed by atoms with Gasteiger partial charge in [-0.05, 0) is 50.1 Å². The molecular formula is C19H20ClNO4S. The molecule has 1 heterocycles. The summed E-state index contributed by atoms with van der Waals surface area (Å²) in [5.41, 5.74) is 0.161. The molecule has 5 nitrogen and oxygen atoms in total. The second kappa shape index (κ2) is 7.02. The van der Waals surface area contributed by atoms with Crippen molar-refractivity contribution in [3.05, 3.63) is 64.7 Å². The van der Waals surface area contributed by atoms with Gasteiger partial charge in [0.05, 0.1) is 11.5 Å². The van der Waals surface area contributed by atoms with Crippen LogP contribution in [0.5, 0.6) is 0 Å². The summed E-state index contributed by atoms with van der Waals surface area (Å²) in [6, 6.07) is 13.2. The first-order valence-corrected chi connectivity index (χ1v) is 10.2. The number of esters is 1. The number of hydrogen-bond acceptors (Lipinski definition) is 4. The van der Waals surface area contributed by atoms with Crippen LogP contribution >= 0.6 is 11.6 Å². The van der Waals surface area contributed by atoms with Gasteiger partial charge >= 0.3 is 5.97 Å². The van der Waals surface area contributed by atoms with E-state index in [4.69, 9.17) is 16.3 Å². The zero-order chi connectivity index (χ0) is 18.9. The monoisotopic (exact) mass is 393 g/mol. The van der Waals surface area contributed by atoms with E-state index < -0.39 is 21.5 Å². The highest BCUT2D eigenvalue weighted by Gasteiger charge is 2.59. The van der Waals surface area contributed by atoms with E-state index in [1.54, 1.807) is 55.5 Å². The Labute approximate surface area is 158 Å². The molecule has 0 saturated carbocycles. The summed E-state index contributed by atoms with van der Waals surface area (Å²) < 4.78 is 32.8. The minimum atomic E-state index is -3.85. The van der Waals surface area contributed by atoms with Gasteiger partial charge in [0.1, 0.15) is 0 Å². The number of carbonyl (C=O) groups is 1. The van der Waals surface area contributed by atoms with Crippen molar-refractivity contribution >= 4 is 27.6 Å². The molecular weight excluding hydrogens is 374 g/mol. The molecule has 0 spiro atoms. The van der Waals surface area contributed by atoms with E-state index >= 15 is 0 Å². The standard InChI is InChI=1S/C19H20ClNO4S/c1-3-25-18(22)19(15-6-8-16(20)9-7-15)12-13-21(19)26(23,24)17-10-4-14(2)5-11-17/h4-11H,3,12-13H2,1-2H3/t19-/m0/s1. The molecule has 26 heavy (non-hydrogen) atoms. The second-order valence-corrected chi connectivity index (χ2v) is 8.53. The van der Waals surface area contributed by atoms with Gasteiger partial charge in [0.15, 0.2) is 5.54 Å². The smallest absolute Gasteiger partial charge is 0.332 e. The molecule has 1 aliphatic rings. The maximum atomic E-state index is 13.2. The Morgan fingerprint density at radius 3 is 2.27 bits per heavy atom. The third-order valence-electron chi connectivity index (χ3n) is 4.65. The fourth-order valence-corrected chi connectivity index (χ4v) is 5.05. The second-order valence-electron chi connectivity index (χ2n) is 6.23. The minimum Gasteiger partial charge on any atom is -0.464 e. The first-order valence-electron chi connectivity index (χ1n) is 8.35. The molecule has 0 N–H and O–H groups in total. The van der Waals surface area contributed by atoms with E-state index in [9.17, 15) is 13.2 Å². The Morgan fingerprint density at radius 2 is 1.77 bits per heavy atom. The molecule has 0 radical (unpaired) electrons. The van der Waals surface area contributed by atoms with Crippen molar-refractivity contribution in [1.82, 2.24) is 4.31 Å². The fraction of sp³-hybridized carbons (Fsp3) is 0.316. The zero-order valence-corrected chi connectivity index (χ0v) is 16.2. The van der Waals surface area contributed by atoms with Gasteiger partial charge in [-0.3, -0.25) is 0 Å². The fourth-order valence-electron chi connectivity index (χ4n) is 3.18. The Kier molecular flexibility index (Phi) is 5.10. The third kappa shape index (κ3) is 3.02. The molecule has 1 fully saturated rings. The molecule has 7 heteroatoms. The predicted molar refractivity (Wildman–Crippen MR) is 99.5 cm³/mol. The van der Waals surface area contributed by atoms with Crippen LogP contribution in [0.2, 0.25) is 5.02 Å². The number of sulfonamides is 1. The highest BCUT2D eigenvalue weighted by Crippen LogP contribution is 2.45. The summed E-state index contributed by atoms with van der Waals surface area (Å²) in [5, 5.41) is 0.514. The first-order chi connectivity index (χ1) is 12.3. The minimum absolute atomic E-state index is 0.158. The van der Waals surface area contributed by atoms with Gasteiger partial charge in [-0.15, -0.1) is 0 Å². The summed E-state index contributed by atoms with van der Waals surface area (Å²) >= 11 is 5.95. The van der Waals surface area contributed by atoms with Crippen LogP contribution in [-0.2, 0) is 25.1 Å². The van der Waals surface area contributed by atoms with E-state index in [-0.39, 0.29) is 18.0 Å². The Hall–Kier alpha value is -1.89. The van der Waals surface area contributed by atoms with Gasteiger partial charge in [-0.25, -0.2) is 13.2 Å². The van der Waals surface area contributed by atoms with Crippen molar-refractivity contribution in [2.45, 2.75) is 30.7 Å². The number of carbonyl (C=O) groups excluding carboxylic acids is 1. The number of nitrogens with zero attached hydrogens (tertiary/aromatic N) is 1. The molecule has 0 bridgehead atoms. The molecule has 138 valence electrons. The maximum Gasteiger partial charge on any atom is 0.332 e. The number of hydrogen-bond donors (Lipinski definition) is 0. The van der Waals surface area contributed by atoms with Crippen molar-refractivity contribution in [2.75, 3.05) is 13.2 Å². The van der Waals surface area contributed by atoms with Crippen LogP contribution in [0.4, 0.5) is 0 Å². The number of benzene rings is 2. The van der Waals surface area contributed by atoms with Crippen LogP contribution in [0.15, 0.2) is 53.4 Å². The molecule has 1 atom stereocenters. The van der Waals surface area contributed by atoms with Crippen molar-refractivity contribution in [2.24, 2.45) is 0 Å². The van der Waals surface area contributed by atoms with Gasteiger partial charge in [-0.2, -0.15) is 4.31 Å². The van der Waals surface area contributed by atoms with Gasteiger partial charge < -0.3 is 4.74 Å². The summed E-state index contributed by atoms with van der Waals surface area (Å²) in [5.74, 6) is -0.566. The Morgan fingerprint density at radius 1 is 1.15 bits per heavy atom. The van der Waals surface area contributed by atoms with Crippen molar-refractivity contribution in [3.8, 4) is 0 Å². The van der Waals surface area contributed by atoms with Gasteiger partial charge in [0, 0.05) is 11.6 Å². The van der Waals surface area contributed by atoms with E-state index in [0.29, 0.717) is 17.0 Å². The maximum absolute atomic E-state index is 13.2. The van der Waals surface area contributed by atoms with Gasteiger partial charge in [0.2, 0.25) is 10.0 Å². The van der Waals surface area contributed by atoms with Crippen molar-refractivity contribution in [3.63, 3.8) is 0 Å². The molecule has 0 aromatic heterocycles. The van der Waals surface area contributed by atoms with Crippen LogP contribution in [0.1, 0.15) is 24.5 Å². The van der Waals surface area contributed by atoms with E-state index in [1.165, 1.54) is 4.31 Å². The van der Waals surface area contributed by atoms with Crippen LogP contribution < -0.4 is 0 Å². The van der Waals surface area contributed by atoms with E-state index in [2.05, 4.69) is 0 Å². The van der Waals surface area contributed by atoms with Crippen LogP contribution in [0, 0.1) is 6.92 Å². The summed E-state index contributed by atoms with van der Waals surface area (Å²) in [4.78, 5) is 13.0. The molecule has 3 rings (SSSR count). The highest BCUT2D eigenvalue weighted by molar-refractivity contribution is 7.89. The number of aryl methyl sites for hydroxylation is 1. The van der Waals surface area contributed by atoms with E-state index in [1.807, 2.05) is 6.92 Å². The Bertz CT molecular complexity index is 910. The topological polar surface area (TPSA) is 63.7 Å². The lowest BCUT2D eigenvalue weighted by Crippen LogP contribution is -2.64. The van der Waals surface area contributed by atoms with Crippen LogP contribution in [-0.4, -0.2) is 31.8 Å². The first kappa shape index (κ1) is 18.9. The van der Waals surface area contributed by atoms with Crippen LogP contribution in [0.25, 0.3) is 0 Å². The third-order valence-corrected chi connectivity index (χ3v) is 6.84. The Balaban J connectivity index is 2.09. The summed E-state index contributed by atoms with van der Waals surface area (Å²) in [6.45, 7) is 4.01. The SMILES string of the molecule is CCOC(=O)[C@@]1(c2ccc(Cl)cc2)CCN1S(=O)(=O)c1ccc(C)cc1. The quantitative estimate of drug-likeness (QED) is 0.729. The lowest BCUT2D eigenvalue weighted by molar-refractivity contribution is -0.162. The van der Waals surface area contributed by atoms with Crippen LogP contribution in [0.3, 0.4) is 0 Å². The van der Waals surface area contributed by atoms with Gasteiger partial charge in [-0.1, -0.05) is 41.4 Å². The molecule has 0 unspecified atom stereocenters. The number of ether oxygens (including phenoxy) is 1. The molecule has 2 aromatic carbocycles. The highest BCUT2D eigenvalue weighted by atomic mass is 35.5. The van der Waals surface area contributed by atoms with E-state index in [0.717, 1.165) is 5.56 Å². The average molecular weight is 394 g/mol. The van der Waals surface area contributed by atoms with Crippen molar-refractivity contribution < 1.29 is 17.9 Å².